The van der Waals surface area contributed by atoms with E-state index < -0.39 is 11.6 Å². The zero-order chi connectivity index (χ0) is 18.3. The smallest absolute Gasteiger partial charge is 0.251 e. The predicted octanol–water partition coefficient (Wildman–Crippen LogP) is 1.69. The van der Waals surface area contributed by atoms with Crippen molar-refractivity contribution in [2.75, 3.05) is 13.2 Å². The van der Waals surface area contributed by atoms with Gasteiger partial charge in [-0.1, -0.05) is 13.8 Å². The minimum atomic E-state index is -0.619. The topological polar surface area (TPSA) is 93.4 Å². The Morgan fingerprint density at radius 3 is 2.25 bits per heavy atom. The summed E-state index contributed by atoms with van der Waals surface area (Å²) in [4.78, 5) is 24.7. The third-order valence-electron chi connectivity index (χ3n) is 3.38. The number of benzene rings is 1. The summed E-state index contributed by atoms with van der Waals surface area (Å²) in [7, 11) is 0. The van der Waals surface area contributed by atoms with Gasteiger partial charge in [-0.2, -0.15) is 0 Å². The molecule has 1 atom stereocenters. The lowest BCUT2D eigenvalue weighted by molar-refractivity contribution is -0.124. The highest BCUT2D eigenvalue weighted by molar-refractivity contribution is 5.97. The van der Waals surface area contributed by atoms with Crippen LogP contribution in [-0.2, 0) is 4.79 Å². The number of hydrogen-bond acceptors (Lipinski definition) is 4. The summed E-state index contributed by atoms with van der Waals surface area (Å²) in [6, 6.07) is 6.21. The molecule has 0 aliphatic rings. The van der Waals surface area contributed by atoms with E-state index in [0.717, 1.165) is 0 Å². The third kappa shape index (κ3) is 6.58. The Labute approximate surface area is 144 Å². The zero-order valence-corrected chi connectivity index (χ0v) is 15.2. The highest BCUT2D eigenvalue weighted by Crippen LogP contribution is 2.13. The van der Waals surface area contributed by atoms with E-state index in [-0.39, 0.29) is 17.7 Å². The Hall–Kier alpha value is -2.08. The van der Waals surface area contributed by atoms with Crippen LogP contribution in [0.25, 0.3) is 0 Å². The molecule has 24 heavy (non-hydrogen) atoms. The first kappa shape index (κ1) is 20.0. The molecular formula is C18H29N3O3. The van der Waals surface area contributed by atoms with Crippen LogP contribution in [0, 0.1) is 5.92 Å². The molecule has 0 aliphatic heterocycles. The summed E-state index contributed by atoms with van der Waals surface area (Å²) in [5.74, 6) is 0.136. The number of nitrogens with two attached hydrogens (primary N) is 1. The van der Waals surface area contributed by atoms with Gasteiger partial charge >= 0.3 is 0 Å². The molecule has 0 heterocycles. The van der Waals surface area contributed by atoms with Crippen molar-refractivity contribution in [3.63, 3.8) is 0 Å². The van der Waals surface area contributed by atoms with E-state index >= 15 is 0 Å². The normalized spacial score (nSPS) is 12.6. The standard InChI is InChI=1S/C18H29N3O3/c1-6-24-14-9-7-13(8-10-14)16(22)21-15(12(2)3)17(23)20-11-18(4,5)19/h7-10,12,15H,6,11,19H2,1-5H3,(H,20,23)(H,21,22). The van der Waals surface area contributed by atoms with Gasteiger partial charge in [0.15, 0.2) is 0 Å². The van der Waals surface area contributed by atoms with E-state index in [1.165, 1.54) is 0 Å². The van der Waals surface area contributed by atoms with Gasteiger partial charge in [0.2, 0.25) is 5.91 Å². The van der Waals surface area contributed by atoms with Crippen LogP contribution in [-0.4, -0.2) is 36.5 Å². The lowest BCUT2D eigenvalue weighted by Crippen LogP contribution is -2.53. The number of carbonyl (C=O) groups excluding carboxylic acids is 2. The molecule has 1 unspecified atom stereocenters. The number of nitrogens with one attached hydrogen (secondary N) is 2. The van der Waals surface area contributed by atoms with Gasteiger partial charge < -0.3 is 21.1 Å². The van der Waals surface area contributed by atoms with Crippen LogP contribution >= 0.6 is 0 Å². The number of amides is 2. The first-order valence-corrected chi connectivity index (χ1v) is 8.24. The van der Waals surface area contributed by atoms with Crippen molar-refractivity contribution in [2.24, 2.45) is 11.7 Å². The minimum absolute atomic E-state index is 0.0439. The molecule has 134 valence electrons. The number of ether oxygens (including phenoxy) is 1. The SMILES string of the molecule is CCOc1ccc(C(=O)NC(C(=O)NCC(C)(C)N)C(C)C)cc1. The third-order valence-corrected chi connectivity index (χ3v) is 3.38. The molecule has 0 aromatic heterocycles. The van der Waals surface area contributed by atoms with Crippen molar-refractivity contribution < 1.29 is 14.3 Å². The predicted molar refractivity (Wildman–Crippen MR) is 95.0 cm³/mol. The van der Waals surface area contributed by atoms with Crippen LogP contribution in [0.15, 0.2) is 24.3 Å². The summed E-state index contributed by atoms with van der Waals surface area (Å²) < 4.78 is 5.35. The number of hydrogen-bond donors (Lipinski definition) is 3. The lowest BCUT2D eigenvalue weighted by atomic mass is 10.0. The second kappa shape index (κ2) is 8.68. The molecule has 0 fully saturated rings. The average Bonchev–Trinajstić information content (AvgIpc) is 2.50. The van der Waals surface area contributed by atoms with Gasteiger partial charge in [0.1, 0.15) is 11.8 Å². The molecule has 6 heteroatoms. The van der Waals surface area contributed by atoms with E-state index in [9.17, 15) is 9.59 Å². The van der Waals surface area contributed by atoms with Gasteiger partial charge in [-0.25, -0.2) is 0 Å². The molecule has 2 amide bonds. The summed E-state index contributed by atoms with van der Waals surface area (Å²) in [6.45, 7) is 10.2. The Kier molecular flexibility index (Phi) is 7.22. The second-order valence-electron chi connectivity index (χ2n) is 6.86. The number of carbonyl (C=O) groups is 2. The summed E-state index contributed by atoms with van der Waals surface area (Å²) in [5.41, 5.74) is 5.86. The Morgan fingerprint density at radius 2 is 1.79 bits per heavy atom. The van der Waals surface area contributed by atoms with E-state index in [1.54, 1.807) is 24.3 Å². The van der Waals surface area contributed by atoms with Gasteiger partial charge in [0.25, 0.3) is 5.91 Å². The fourth-order valence-electron chi connectivity index (χ4n) is 2.05. The molecule has 0 radical (unpaired) electrons. The Morgan fingerprint density at radius 1 is 1.21 bits per heavy atom. The highest BCUT2D eigenvalue weighted by Gasteiger charge is 2.25. The lowest BCUT2D eigenvalue weighted by Gasteiger charge is -2.25. The van der Waals surface area contributed by atoms with Gasteiger partial charge in [0, 0.05) is 17.6 Å². The fourth-order valence-corrected chi connectivity index (χ4v) is 2.05. The average molecular weight is 335 g/mol. The first-order valence-electron chi connectivity index (χ1n) is 8.24. The maximum Gasteiger partial charge on any atom is 0.251 e. The molecule has 1 rings (SSSR count). The van der Waals surface area contributed by atoms with E-state index in [0.29, 0.717) is 24.5 Å². The summed E-state index contributed by atoms with van der Waals surface area (Å²) in [5, 5.41) is 5.58. The fraction of sp³-hybridized carbons (Fsp3) is 0.556. The van der Waals surface area contributed by atoms with E-state index in [2.05, 4.69) is 10.6 Å². The quantitative estimate of drug-likeness (QED) is 0.674. The van der Waals surface area contributed by atoms with Gasteiger partial charge in [-0.15, -0.1) is 0 Å². The van der Waals surface area contributed by atoms with Gasteiger partial charge in [-0.05, 0) is 51.0 Å². The Bertz CT molecular complexity index is 548. The van der Waals surface area contributed by atoms with Crippen LogP contribution in [0.5, 0.6) is 5.75 Å². The molecule has 1 aromatic rings. The highest BCUT2D eigenvalue weighted by atomic mass is 16.5. The molecule has 6 nitrogen and oxygen atoms in total. The molecule has 4 N–H and O–H groups in total. The first-order chi connectivity index (χ1) is 11.1. The van der Waals surface area contributed by atoms with E-state index in [1.807, 2.05) is 34.6 Å². The van der Waals surface area contributed by atoms with Crippen LogP contribution in [0.2, 0.25) is 0 Å². The summed E-state index contributed by atoms with van der Waals surface area (Å²) in [6.07, 6.45) is 0. The molecule has 0 aliphatic carbocycles. The Balaban J connectivity index is 2.73. The van der Waals surface area contributed by atoms with Gasteiger partial charge in [0.05, 0.1) is 6.61 Å². The minimum Gasteiger partial charge on any atom is -0.494 e. The molecule has 0 bridgehead atoms. The molecular weight excluding hydrogens is 306 g/mol. The van der Waals surface area contributed by atoms with Crippen LogP contribution < -0.4 is 21.1 Å². The number of rotatable bonds is 8. The van der Waals surface area contributed by atoms with E-state index in [4.69, 9.17) is 10.5 Å². The maximum absolute atomic E-state index is 12.4. The van der Waals surface area contributed by atoms with Crippen molar-refractivity contribution in [1.82, 2.24) is 10.6 Å². The van der Waals surface area contributed by atoms with Gasteiger partial charge in [-0.3, -0.25) is 9.59 Å². The molecule has 0 saturated heterocycles. The molecule has 0 saturated carbocycles. The van der Waals surface area contributed by atoms with Crippen molar-refractivity contribution in [3.8, 4) is 5.75 Å². The van der Waals surface area contributed by atoms with Crippen molar-refractivity contribution in [3.05, 3.63) is 29.8 Å². The van der Waals surface area contributed by atoms with Crippen LogP contribution in [0.1, 0.15) is 45.0 Å². The second-order valence-corrected chi connectivity index (χ2v) is 6.86. The largest absolute Gasteiger partial charge is 0.494 e. The zero-order valence-electron chi connectivity index (χ0n) is 15.2. The van der Waals surface area contributed by atoms with Crippen molar-refractivity contribution in [2.45, 2.75) is 46.2 Å². The van der Waals surface area contributed by atoms with Crippen LogP contribution in [0.3, 0.4) is 0 Å². The monoisotopic (exact) mass is 335 g/mol. The molecule has 0 spiro atoms. The van der Waals surface area contributed by atoms with Crippen LogP contribution in [0.4, 0.5) is 0 Å². The van der Waals surface area contributed by atoms with Crippen molar-refractivity contribution >= 4 is 11.8 Å². The maximum atomic E-state index is 12.4. The summed E-state index contributed by atoms with van der Waals surface area (Å²) >= 11 is 0. The van der Waals surface area contributed by atoms with Crippen molar-refractivity contribution in [1.29, 1.82) is 0 Å². The molecule has 1 aromatic carbocycles.